The van der Waals surface area contributed by atoms with Crippen LogP contribution in [0.3, 0.4) is 0 Å². The average Bonchev–Trinajstić information content (AvgIpc) is 2.91. The summed E-state index contributed by atoms with van der Waals surface area (Å²) in [5, 5.41) is 0.728. The fourth-order valence-electron chi connectivity index (χ4n) is 2.49. The number of carbonyl (C=O) groups is 1. The Bertz CT molecular complexity index is 651. The van der Waals surface area contributed by atoms with Crippen molar-refractivity contribution >= 4 is 17.5 Å². The van der Waals surface area contributed by atoms with E-state index in [2.05, 4.69) is 23.4 Å². The summed E-state index contributed by atoms with van der Waals surface area (Å²) in [6, 6.07) is 7.80. The van der Waals surface area contributed by atoms with E-state index in [9.17, 15) is 4.79 Å². The number of imidazole rings is 1. The van der Waals surface area contributed by atoms with Gasteiger partial charge in [0, 0.05) is 36.9 Å². The lowest BCUT2D eigenvalue weighted by molar-refractivity contribution is -0.132. The highest BCUT2D eigenvalue weighted by molar-refractivity contribution is 6.30. The van der Waals surface area contributed by atoms with Crippen LogP contribution in [-0.2, 0) is 17.9 Å². The second-order valence-corrected chi connectivity index (χ2v) is 6.54. The molecule has 0 radical (unpaired) electrons. The Morgan fingerprint density at radius 3 is 2.83 bits per heavy atom. The molecular formula is C18H24ClN3O. The average molecular weight is 334 g/mol. The maximum absolute atomic E-state index is 12.3. The van der Waals surface area contributed by atoms with E-state index in [4.69, 9.17) is 11.6 Å². The summed E-state index contributed by atoms with van der Waals surface area (Å²) in [4.78, 5) is 18.6. The number of hydrogen-bond donors (Lipinski definition) is 0. The second-order valence-electron chi connectivity index (χ2n) is 6.11. The molecule has 5 heteroatoms. The zero-order valence-corrected chi connectivity index (χ0v) is 14.8. The first-order chi connectivity index (χ1) is 11.0. The third-order valence-electron chi connectivity index (χ3n) is 3.69. The zero-order chi connectivity index (χ0) is 16.8. The van der Waals surface area contributed by atoms with Crippen molar-refractivity contribution in [2.24, 2.45) is 5.92 Å². The molecule has 0 fully saturated rings. The minimum atomic E-state index is 0.180. The molecule has 0 saturated heterocycles. The van der Waals surface area contributed by atoms with E-state index in [1.54, 1.807) is 6.20 Å². The Labute approximate surface area is 143 Å². The van der Waals surface area contributed by atoms with Crippen molar-refractivity contribution in [2.75, 3.05) is 6.54 Å². The maximum Gasteiger partial charge on any atom is 0.223 e. The molecule has 2 aromatic rings. The molecule has 23 heavy (non-hydrogen) atoms. The summed E-state index contributed by atoms with van der Waals surface area (Å²) in [5.74, 6) is 1.44. The van der Waals surface area contributed by atoms with Crippen LogP contribution in [0.4, 0.5) is 0 Å². The van der Waals surface area contributed by atoms with Crippen LogP contribution in [0.5, 0.6) is 0 Å². The van der Waals surface area contributed by atoms with Gasteiger partial charge in [0.25, 0.3) is 0 Å². The molecule has 0 spiro atoms. The molecular weight excluding hydrogens is 310 g/mol. The van der Waals surface area contributed by atoms with Crippen LogP contribution in [0.2, 0.25) is 5.02 Å². The molecule has 0 aliphatic heterocycles. The van der Waals surface area contributed by atoms with E-state index >= 15 is 0 Å². The van der Waals surface area contributed by atoms with Crippen molar-refractivity contribution in [3.8, 4) is 0 Å². The quantitative estimate of drug-likeness (QED) is 0.768. The predicted octanol–water partition coefficient (Wildman–Crippen LogP) is 3.98. The minimum absolute atomic E-state index is 0.180. The molecule has 0 N–H and O–H groups in total. The third-order valence-corrected chi connectivity index (χ3v) is 3.93. The molecule has 0 bridgehead atoms. The van der Waals surface area contributed by atoms with Gasteiger partial charge in [0.2, 0.25) is 5.91 Å². The van der Waals surface area contributed by atoms with E-state index in [-0.39, 0.29) is 5.91 Å². The van der Waals surface area contributed by atoms with Gasteiger partial charge in [0.15, 0.2) is 0 Å². The smallest absolute Gasteiger partial charge is 0.223 e. The Hall–Kier alpha value is -1.81. The molecule has 0 saturated carbocycles. The highest BCUT2D eigenvalue weighted by Crippen LogP contribution is 2.14. The van der Waals surface area contributed by atoms with Gasteiger partial charge in [-0.05, 0) is 30.5 Å². The number of halogens is 1. The minimum Gasteiger partial charge on any atom is -0.335 e. The number of rotatable bonds is 7. The predicted molar refractivity (Wildman–Crippen MR) is 93.3 cm³/mol. The molecule has 1 aromatic heterocycles. The highest BCUT2D eigenvalue weighted by Gasteiger charge is 2.16. The molecule has 1 heterocycles. The van der Waals surface area contributed by atoms with E-state index in [1.807, 2.05) is 42.3 Å². The van der Waals surface area contributed by atoms with Gasteiger partial charge in [0.05, 0.1) is 6.54 Å². The molecule has 0 aliphatic carbocycles. The monoisotopic (exact) mass is 333 g/mol. The lowest BCUT2D eigenvalue weighted by Crippen LogP contribution is -2.32. The summed E-state index contributed by atoms with van der Waals surface area (Å²) in [5.41, 5.74) is 1.12. The summed E-state index contributed by atoms with van der Waals surface area (Å²) in [6.07, 6.45) is 4.29. The van der Waals surface area contributed by atoms with Crippen LogP contribution >= 0.6 is 11.6 Å². The molecule has 0 unspecified atom stereocenters. The topological polar surface area (TPSA) is 38.1 Å². The number of amides is 1. The fraction of sp³-hybridized carbons (Fsp3) is 0.444. The first-order valence-corrected chi connectivity index (χ1v) is 8.39. The largest absolute Gasteiger partial charge is 0.335 e. The van der Waals surface area contributed by atoms with Crippen molar-refractivity contribution in [3.63, 3.8) is 0 Å². The van der Waals surface area contributed by atoms with Gasteiger partial charge in [0.1, 0.15) is 5.82 Å². The lowest BCUT2D eigenvalue weighted by atomic mass is 10.1. The molecule has 1 amide bonds. The van der Waals surface area contributed by atoms with Crippen molar-refractivity contribution in [3.05, 3.63) is 53.1 Å². The standard InChI is InChI=1S/C18H24ClN3O/c1-4-21(18(23)10-14(2)3)13-17-20-8-9-22(17)12-15-6-5-7-16(19)11-15/h5-9,11,14H,4,10,12-13H2,1-3H3. The summed E-state index contributed by atoms with van der Waals surface area (Å²) < 4.78 is 2.07. The van der Waals surface area contributed by atoms with Gasteiger partial charge in [-0.2, -0.15) is 0 Å². The highest BCUT2D eigenvalue weighted by atomic mass is 35.5. The van der Waals surface area contributed by atoms with E-state index in [0.717, 1.165) is 16.4 Å². The molecule has 2 rings (SSSR count). The first kappa shape index (κ1) is 17.5. The number of benzene rings is 1. The van der Waals surface area contributed by atoms with Crippen LogP contribution < -0.4 is 0 Å². The summed E-state index contributed by atoms with van der Waals surface area (Å²) >= 11 is 6.04. The SMILES string of the molecule is CCN(Cc1nccn1Cc1cccc(Cl)c1)C(=O)CC(C)C. The Morgan fingerprint density at radius 1 is 1.39 bits per heavy atom. The van der Waals surface area contributed by atoms with Crippen molar-refractivity contribution in [1.82, 2.24) is 14.5 Å². The van der Waals surface area contributed by atoms with Gasteiger partial charge in [-0.3, -0.25) is 4.79 Å². The zero-order valence-electron chi connectivity index (χ0n) is 14.0. The van der Waals surface area contributed by atoms with Gasteiger partial charge in [-0.1, -0.05) is 37.6 Å². The van der Waals surface area contributed by atoms with Gasteiger partial charge >= 0.3 is 0 Å². The second kappa shape index (κ2) is 8.16. The maximum atomic E-state index is 12.3. The van der Waals surface area contributed by atoms with Crippen LogP contribution in [-0.4, -0.2) is 26.9 Å². The summed E-state index contributed by atoms with van der Waals surface area (Å²) in [6.45, 7) is 8.05. The van der Waals surface area contributed by atoms with Gasteiger partial charge in [-0.25, -0.2) is 4.98 Å². The number of hydrogen-bond acceptors (Lipinski definition) is 2. The lowest BCUT2D eigenvalue weighted by Gasteiger charge is -2.22. The van der Waals surface area contributed by atoms with Crippen molar-refractivity contribution in [1.29, 1.82) is 0 Å². The molecule has 124 valence electrons. The number of aromatic nitrogens is 2. The Kier molecular flexibility index (Phi) is 6.22. The third kappa shape index (κ3) is 5.10. The van der Waals surface area contributed by atoms with Crippen LogP contribution in [0.15, 0.2) is 36.7 Å². The number of nitrogens with zero attached hydrogens (tertiary/aromatic N) is 3. The van der Waals surface area contributed by atoms with E-state index < -0.39 is 0 Å². The Balaban J connectivity index is 2.09. The molecule has 1 aromatic carbocycles. The Morgan fingerprint density at radius 2 is 2.17 bits per heavy atom. The van der Waals surface area contributed by atoms with Gasteiger partial charge < -0.3 is 9.47 Å². The van der Waals surface area contributed by atoms with E-state index in [0.29, 0.717) is 32.0 Å². The summed E-state index contributed by atoms with van der Waals surface area (Å²) in [7, 11) is 0. The van der Waals surface area contributed by atoms with Crippen LogP contribution in [0, 0.1) is 5.92 Å². The number of carbonyl (C=O) groups excluding carboxylic acids is 1. The van der Waals surface area contributed by atoms with Crippen LogP contribution in [0.25, 0.3) is 0 Å². The molecule has 4 nitrogen and oxygen atoms in total. The molecule has 0 atom stereocenters. The molecule has 0 aliphatic rings. The van der Waals surface area contributed by atoms with Crippen molar-refractivity contribution < 1.29 is 4.79 Å². The fourth-order valence-corrected chi connectivity index (χ4v) is 2.71. The normalized spacial score (nSPS) is 11.0. The first-order valence-electron chi connectivity index (χ1n) is 8.01. The van der Waals surface area contributed by atoms with E-state index in [1.165, 1.54) is 0 Å². The van der Waals surface area contributed by atoms with Crippen molar-refractivity contribution in [2.45, 2.75) is 40.3 Å². The van der Waals surface area contributed by atoms with Crippen LogP contribution in [0.1, 0.15) is 38.6 Å². The van der Waals surface area contributed by atoms with Gasteiger partial charge in [-0.15, -0.1) is 0 Å².